The molecule has 0 saturated carbocycles. The first-order chi connectivity index (χ1) is 9.62. The van der Waals surface area contributed by atoms with Gasteiger partial charge in [0.05, 0.1) is 19.4 Å². The van der Waals surface area contributed by atoms with E-state index in [0.717, 1.165) is 12.8 Å². The molecule has 5 nitrogen and oxygen atoms in total. The van der Waals surface area contributed by atoms with Crippen molar-refractivity contribution in [3.8, 4) is 5.75 Å². The number of amides is 2. The second kappa shape index (κ2) is 8.37. The SMILES string of the molecule is CCCCN(CCO)C(=O)Nc1ccc(F)cc1OC. The number of methoxy groups -OCH3 is 1. The molecule has 20 heavy (non-hydrogen) atoms. The summed E-state index contributed by atoms with van der Waals surface area (Å²) >= 11 is 0. The maximum absolute atomic E-state index is 13.1. The van der Waals surface area contributed by atoms with Crippen LogP contribution in [0.15, 0.2) is 18.2 Å². The van der Waals surface area contributed by atoms with Crippen LogP contribution in [0, 0.1) is 5.82 Å². The molecule has 0 heterocycles. The number of aliphatic hydroxyl groups is 1. The minimum atomic E-state index is -0.432. The van der Waals surface area contributed by atoms with Gasteiger partial charge in [0.25, 0.3) is 0 Å². The first-order valence-electron chi connectivity index (χ1n) is 6.62. The van der Waals surface area contributed by atoms with Gasteiger partial charge in [-0.1, -0.05) is 13.3 Å². The van der Waals surface area contributed by atoms with Crippen molar-refractivity contribution < 1.29 is 19.0 Å². The highest BCUT2D eigenvalue weighted by atomic mass is 19.1. The third-order valence-corrected chi connectivity index (χ3v) is 2.84. The van der Waals surface area contributed by atoms with Crippen molar-refractivity contribution in [1.29, 1.82) is 0 Å². The molecule has 0 unspecified atom stereocenters. The number of rotatable bonds is 7. The fraction of sp³-hybridized carbons (Fsp3) is 0.500. The van der Waals surface area contributed by atoms with Gasteiger partial charge in [-0.05, 0) is 18.6 Å². The molecule has 1 aromatic carbocycles. The number of carbonyl (C=O) groups excluding carboxylic acids is 1. The summed E-state index contributed by atoms with van der Waals surface area (Å²) < 4.78 is 18.1. The largest absolute Gasteiger partial charge is 0.494 e. The first-order valence-corrected chi connectivity index (χ1v) is 6.62. The van der Waals surface area contributed by atoms with Gasteiger partial charge >= 0.3 is 6.03 Å². The maximum Gasteiger partial charge on any atom is 0.322 e. The Morgan fingerprint density at radius 1 is 1.45 bits per heavy atom. The lowest BCUT2D eigenvalue weighted by atomic mass is 10.3. The molecule has 0 aliphatic carbocycles. The van der Waals surface area contributed by atoms with E-state index in [1.54, 1.807) is 0 Å². The van der Waals surface area contributed by atoms with Gasteiger partial charge in [0, 0.05) is 19.2 Å². The van der Waals surface area contributed by atoms with Crippen molar-refractivity contribution >= 4 is 11.7 Å². The molecule has 0 atom stereocenters. The Balaban J connectivity index is 2.76. The van der Waals surface area contributed by atoms with E-state index >= 15 is 0 Å². The smallest absolute Gasteiger partial charge is 0.322 e. The van der Waals surface area contributed by atoms with E-state index in [1.165, 1.54) is 30.2 Å². The van der Waals surface area contributed by atoms with Crippen LogP contribution in [0.3, 0.4) is 0 Å². The molecule has 0 aliphatic rings. The Morgan fingerprint density at radius 2 is 2.20 bits per heavy atom. The number of carbonyl (C=O) groups is 1. The molecule has 0 spiro atoms. The Labute approximate surface area is 118 Å². The van der Waals surface area contributed by atoms with Crippen molar-refractivity contribution in [3.05, 3.63) is 24.0 Å². The molecule has 0 bridgehead atoms. The number of hydrogen-bond donors (Lipinski definition) is 2. The molecule has 0 saturated heterocycles. The number of benzene rings is 1. The van der Waals surface area contributed by atoms with Crippen LogP contribution >= 0.6 is 0 Å². The molecule has 112 valence electrons. The number of nitrogens with one attached hydrogen (secondary N) is 1. The fourth-order valence-corrected chi connectivity index (χ4v) is 1.75. The standard InChI is InChI=1S/C14H21FN2O3/c1-3-4-7-17(8-9-18)14(19)16-12-6-5-11(15)10-13(12)20-2/h5-6,10,18H,3-4,7-9H2,1-2H3,(H,16,19). The molecule has 6 heteroatoms. The van der Waals surface area contributed by atoms with Crippen molar-refractivity contribution in [2.24, 2.45) is 0 Å². The zero-order chi connectivity index (χ0) is 15.0. The van der Waals surface area contributed by atoms with Crippen LogP contribution in [0.2, 0.25) is 0 Å². The van der Waals surface area contributed by atoms with Crippen molar-refractivity contribution in [1.82, 2.24) is 4.90 Å². The van der Waals surface area contributed by atoms with Gasteiger partial charge in [0.1, 0.15) is 11.6 Å². The highest BCUT2D eigenvalue weighted by molar-refractivity contribution is 5.91. The van der Waals surface area contributed by atoms with Gasteiger partial charge in [0.2, 0.25) is 0 Å². The van der Waals surface area contributed by atoms with E-state index < -0.39 is 5.82 Å². The average molecular weight is 284 g/mol. The summed E-state index contributed by atoms with van der Waals surface area (Å²) in [5.74, 6) is -0.171. The summed E-state index contributed by atoms with van der Waals surface area (Å²) in [6, 6.07) is 3.57. The number of anilines is 1. The first kappa shape index (κ1) is 16.2. The van der Waals surface area contributed by atoms with Crippen LogP contribution in [0.1, 0.15) is 19.8 Å². The Morgan fingerprint density at radius 3 is 2.80 bits per heavy atom. The van der Waals surface area contributed by atoms with Gasteiger partial charge < -0.3 is 20.1 Å². The highest BCUT2D eigenvalue weighted by Gasteiger charge is 2.14. The van der Waals surface area contributed by atoms with Crippen LogP contribution in [0.25, 0.3) is 0 Å². The number of urea groups is 1. The number of hydrogen-bond acceptors (Lipinski definition) is 3. The molecule has 0 aromatic heterocycles. The zero-order valence-electron chi connectivity index (χ0n) is 11.9. The van der Waals surface area contributed by atoms with Crippen LogP contribution in [0.4, 0.5) is 14.9 Å². The highest BCUT2D eigenvalue weighted by Crippen LogP contribution is 2.25. The van der Waals surface area contributed by atoms with E-state index in [2.05, 4.69) is 5.32 Å². The quantitative estimate of drug-likeness (QED) is 0.808. The number of halogens is 1. The van der Waals surface area contributed by atoms with Crippen LogP contribution < -0.4 is 10.1 Å². The second-order valence-corrected chi connectivity index (χ2v) is 4.34. The van der Waals surface area contributed by atoms with Crippen LogP contribution in [-0.2, 0) is 0 Å². The predicted molar refractivity (Wildman–Crippen MR) is 75.5 cm³/mol. The third kappa shape index (κ3) is 4.70. The van der Waals surface area contributed by atoms with E-state index in [0.29, 0.717) is 12.2 Å². The Kier molecular flexibility index (Phi) is 6.79. The summed E-state index contributed by atoms with van der Waals surface area (Å²) in [6.45, 7) is 2.75. The summed E-state index contributed by atoms with van der Waals surface area (Å²) in [6.07, 6.45) is 1.81. The van der Waals surface area contributed by atoms with Gasteiger partial charge in [-0.2, -0.15) is 0 Å². The topological polar surface area (TPSA) is 61.8 Å². The summed E-state index contributed by atoms with van der Waals surface area (Å²) in [4.78, 5) is 13.6. The van der Waals surface area contributed by atoms with E-state index in [9.17, 15) is 9.18 Å². The number of ether oxygens (including phenoxy) is 1. The van der Waals surface area contributed by atoms with Crippen molar-refractivity contribution in [2.75, 3.05) is 32.1 Å². The third-order valence-electron chi connectivity index (χ3n) is 2.84. The second-order valence-electron chi connectivity index (χ2n) is 4.34. The number of nitrogens with zero attached hydrogens (tertiary/aromatic N) is 1. The Bertz CT molecular complexity index is 440. The van der Waals surface area contributed by atoms with Crippen molar-refractivity contribution in [3.63, 3.8) is 0 Å². The van der Waals surface area contributed by atoms with Crippen LogP contribution in [-0.4, -0.2) is 42.8 Å². The lowest BCUT2D eigenvalue weighted by Crippen LogP contribution is -2.37. The van der Waals surface area contributed by atoms with Gasteiger partial charge in [0.15, 0.2) is 0 Å². The van der Waals surface area contributed by atoms with Gasteiger partial charge in [-0.3, -0.25) is 0 Å². The normalized spacial score (nSPS) is 10.2. The minimum absolute atomic E-state index is 0.0995. The van der Waals surface area contributed by atoms with Crippen LogP contribution in [0.5, 0.6) is 5.75 Å². The monoisotopic (exact) mass is 284 g/mol. The molecular formula is C14H21FN2O3. The lowest BCUT2D eigenvalue weighted by Gasteiger charge is -2.22. The summed E-state index contributed by atoms with van der Waals surface area (Å²) in [5, 5.41) is 11.7. The van der Waals surface area contributed by atoms with Crippen molar-refractivity contribution in [2.45, 2.75) is 19.8 Å². The molecular weight excluding hydrogens is 263 g/mol. The average Bonchev–Trinajstić information content (AvgIpc) is 2.45. The zero-order valence-corrected chi connectivity index (χ0v) is 11.9. The number of unbranched alkanes of at least 4 members (excludes halogenated alkanes) is 1. The maximum atomic E-state index is 13.1. The molecule has 0 radical (unpaired) electrons. The fourth-order valence-electron chi connectivity index (χ4n) is 1.75. The molecule has 0 fully saturated rings. The van der Waals surface area contributed by atoms with Gasteiger partial charge in [-0.25, -0.2) is 9.18 Å². The molecule has 2 amide bonds. The summed E-state index contributed by atoms with van der Waals surface area (Å²) in [7, 11) is 1.41. The molecule has 1 rings (SSSR count). The molecule has 2 N–H and O–H groups in total. The molecule has 0 aliphatic heterocycles. The number of aliphatic hydroxyl groups excluding tert-OH is 1. The molecule has 1 aromatic rings. The minimum Gasteiger partial charge on any atom is -0.494 e. The van der Waals surface area contributed by atoms with Gasteiger partial charge in [-0.15, -0.1) is 0 Å². The van der Waals surface area contributed by atoms with E-state index in [1.807, 2.05) is 6.92 Å². The lowest BCUT2D eigenvalue weighted by molar-refractivity contribution is 0.187. The van der Waals surface area contributed by atoms with E-state index in [4.69, 9.17) is 9.84 Å². The summed E-state index contributed by atoms with van der Waals surface area (Å²) in [5.41, 5.74) is 0.401. The Hall–Kier alpha value is -1.82. The van der Waals surface area contributed by atoms with E-state index in [-0.39, 0.29) is 24.9 Å². The predicted octanol–water partition coefficient (Wildman–Crippen LogP) is 2.46.